The Morgan fingerprint density at radius 2 is 1.95 bits per heavy atom. The first-order valence-electron chi connectivity index (χ1n) is 6.63. The molecule has 0 spiro atoms. The first kappa shape index (κ1) is 16.5. The Morgan fingerprint density at radius 3 is 2.50 bits per heavy atom. The second-order valence-corrected chi connectivity index (χ2v) is 6.09. The molecule has 0 radical (unpaired) electrons. The van der Waals surface area contributed by atoms with Crippen molar-refractivity contribution in [3.63, 3.8) is 0 Å². The lowest BCUT2D eigenvalue weighted by Gasteiger charge is -2.20. The summed E-state index contributed by atoms with van der Waals surface area (Å²) in [4.78, 5) is 13.9. The van der Waals surface area contributed by atoms with E-state index in [0.717, 1.165) is 12.2 Å². The molecule has 22 heavy (non-hydrogen) atoms. The van der Waals surface area contributed by atoms with Gasteiger partial charge in [0.1, 0.15) is 0 Å². The summed E-state index contributed by atoms with van der Waals surface area (Å²) in [7, 11) is 1.97. The van der Waals surface area contributed by atoms with Crippen LogP contribution in [0.2, 0.25) is 5.02 Å². The summed E-state index contributed by atoms with van der Waals surface area (Å²) in [6.07, 6.45) is 0.924. The molecule has 4 nitrogen and oxygen atoms in total. The number of thioether (sulfide) groups is 1. The van der Waals surface area contributed by atoms with Crippen molar-refractivity contribution >= 4 is 40.8 Å². The molecule has 0 aromatic heterocycles. The monoisotopic (exact) mass is 336 g/mol. The molecule has 0 unspecified atom stereocenters. The van der Waals surface area contributed by atoms with Crippen molar-refractivity contribution in [2.75, 3.05) is 23.5 Å². The van der Waals surface area contributed by atoms with Crippen LogP contribution in [-0.4, -0.2) is 24.5 Å². The summed E-state index contributed by atoms with van der Waals surface area (Å²) < 4.78 is 0. The van der Waals surface area contributed by atoms with E-state index in [-0.39, 0.29) is 0 Å². The Balaban J connectivity index is 2.09. The SMILES string of the molecule is CSc1ccc(CN(C)c2ccc(NC(=O)O)c(Cl)c2)cc1. The minimum Gasteiger partial charge on any atom is -0.465 e. The van der Waals surface area contributed by atoms with Gasteiger partial charge >= 0.3 is 6.09 Å². The highest BCUT2D eigenvalue weighted by Crippen LogP contribution is 2.28. The fourth-order valence-corrected chi connectivity index (χ4v) is 2.68. The van der Waals surface area contributed by atoms with E-state index in [1.54, 1.807) is 23.9 Å². The van der Waals surface area contributed by atoms with Crippen LogP contribution < -0.4 is 10.2 Å². The molecule has 0 heterocycles. The van der Waals surface area contributed by atoms with Gasteiger partial charge in [0.2, 0.25) is 0 Å². The van der Waals surface area contributed by atoms with Crippen molar-refractivity contribution in [1.82, 2.24) is 0 Å². The summed E-state index contributed by atoms with van der Waals surface area (Å²) in [5, 5.41) is 11.4. The van der Waals surface area contributed by atoms with E-state index in [9.17, 15) is 4.79 Å². The number of carbonyl (C=O) groups is 1. The molecule has 0 aliphatic carbocycles. The largest absolute Gasteiger partial charge is 0.465 e. The van der Waals surface area contributed by atoms with Gasteiger partial charge in [0.05, 0.1) is 10.7 Å². The van der Waals surface area contributed by atoms with E-state index >= 15 is 0 Å². The van der Waals surface area contributed by atoms with E-state index in [2.05, 4.69) is 40.7 Å². The highest BCUT2D eigenvalue weighted by atomic mass is 35.5. The van der Waals surface area contributed by atoms with Crippen molar-refractivity contribution in [2.45, 2.75) is 11.4 Å². The van der Waals surface area contributed by atoms with Gasteiger partial charge in [-0.3, -0.25) is 5.32 Å². The van der Waals surface area contributed by atoms with Crippen molar-refractivity contribution in [1.29, 1.82) is 0 Å². The molecule has 0 fully saturated rings. The lowest BCUT2D eigenvalue weighted by Crippen LogP contribution is -2.16. The van der Waals surface area contributed by atoms with Gasteiger partial charge in [-0.15, -0.1) is 11.8 Å². The van der Waals surface area contributed by atoms with Gasteiger partial charge in [-0.25, -0.2) is 4.79 Å². The van der Waals surface area contributed by atoms with Gasteiger partial charge in [-0.2, -0.15) is 0 Å². The lowest BCUT2D eigenvalue weighted by molar-refractivity contribution is 0.210. The van der Waals surface area contributed by atoms with Crippen molar-refractivity contribution in [2.24, 2.45) is 0 Å². The molecular formula is C16H17ClN2O2S. The standard InChI is InChI=1S/C16H17ClN2O2S/c1-19(10-11-3-6-13(22-2)7-4-11)12-5-8-15(14(17)9-12)18-16(20)21/h3-9,18H,10H2,1-2H3,(H,20,21). The van der Waals surface area contributed by atoms with Crippen LogP contribution in [0.25, 0.3) is 0 Å². The topological polar surface area (TPSA) is 52.6 Å². The quantitative estimate of drug-likeness (QED) is 0.771. The third-order valence-corrected chi connectivity index (χ3v) is 4.27. The molecule has 6 heteroatoms. The molecule has 2 aromatic carbocycles. The van der Waals surface area contributed by atoms with Crippen molar-refractivity contribution in [3.8, 4) is 0 Å². The van der Waals surface area contributed by atoms with Crippen LogP contribution >= 0.6 is 23.4 Å². The zero-order chi connectivity index (χ0) is 16.1. The fourth-order valence-electron chi connectivity index (χ4n) is 2.05. The molecule has 0 aliphatic rings. The number of benzene rings is 2. The second-order valence-electron chi connectivity index (χ2n) is 4.80. The van der Waals surface area contributed by atoms with Crippen molar-refractivity contribution in [3.05, 3.63) is 53.1 Å². The number of carboxylic acid groups (broad SMARTS) is 1. The van der Waals surface area contributed by atoms with Crippen LogP contribution in [0.3, 0.4) is 0 Å². The van der Waals surface area contributed by atoms with Crippen molar-refractivity contribution < 1.29 is 9.90 Å². The normalized spacial score (nSPS) is 10.3. The van der Waals surface area contributed by atoms with E-state index in [1.807, 2.05) is 13.1 Å². The van der Waals surface area contributed by atoms with E-state index < -0.39 is 6.09 Å². The number of nitrogens with zero attached hydrogens (tertiary/aromatic N) is 1. The predicted octanol–water partition coefficient (Wildman–Crippen LogP) is 4.79. The maximum Gasteiger partial charge on any atom is 0.409 e. The maximum atomic E-state index is 10.7. The number of anilines is 2. The predicted molar refractivity (Wildman–Crippen MR) is 93.4 cm³/mol. The van der Waals surface area contributed by atoms with Crippen LogP contribution in [0.4, 0.5) is 16.2 Å². The summed E-state index contributed by atoms with van der Waals surface area (Å²) in [6.45, 7) is 0.747. The van der Waals surface area contributed by atoms with Gasteiger partial charge in [0, 0.05) is 24.2 Å². The molecule has 2 N–H and O–H groups in total. The maximum absolute atomic E-state index is 10.7. The molecule has 116 valence electrons. The Hall–Kier alpha value is -1.85. The third-order valence-electron chi connectivity index (χ3n) is 3.21. The lowest BCUT2D eigenvalue weighted by atomic mass is 10.2. The van der Waals surface area contributed by atoms with E-state index in [1.165, 1.54) is 10.5 Å². The van der Waals surface area contributed by atoms with Crippen LogP contribution in [0, 0.1) is 0 Å². The number of amides is 1. The fraction of sp³-hybridized carbons (Fsp3) is 0.188. The molecule has 0 saturated heterocycles. The highest BCUT2D eigenvalue weighted by Gasteiger charge is 2.08. The molecule has 0 atom stereocenters. The Bertz CT molecular complexity index is 662. The van der Waals surface area contributed by atoms with E-state index in [4.69, 9.17) is 16.7 Å². The first-order chi connectivity index (χ1) is 10.5. The summed E-state index contributed by atoms with van der Waals surface area (Å²) in [6, 6.07) is 13.7. The number of halogens is 1. The zero-order valence-electron chi connectivity index (χ0n) is 12.3. The smallest absolute Gasteiger partial charge is 0.409 e. The third kappa shape index (κ3) is 4.32. The number of hydrogen-bond acceptors (Lipinski definition) is 3. The van der Waals surface area contributed by atoms with Gasteiger partial charge in [0.25, 0.3) is 0 Å². The number of hydrogen-bond donors (Lipinski definition) is 2. The summed E-state index contributed by atoms with van der Waals surface area (Å²) >= 11 is 7.82. The molecule has 2 rings (SSSR count). The Labute approximate surface area is 139 Å². The van der Waals surface area contributed by atoms with Gasteiger partial charge in [-0.05, 0) is 42.2 Å². The van der Waals surface area contributed by atoms with Crippen LogP contribution in [0.15, 0.2) is 47.4 Å². The Kier molecular flexibility index (Phi) is 5.57. The average molecular weight is 337 g/mol. The molecular weight excluding hydrogens is 320 g/mol. The molecule has 0 aliphatic heterocycles. The zero-order valence-corrected chi connectivity index (χ0v) is 13.9. The van der Waals surface area contributed by atoms with Crippen LogP contribution in [0.1, 0.15) is 5.56 Å². The van der Waals surface area contributed by atoms with Gasteiger partial charge < -0.3 is 10.0 Å². The average Bonchev–Trinajstić information content (AvgIpc) is 2.49. The summed E-state index contributed by atoms with van der Waals surface area (Å²) in [5.41, 5.74) is 2.51. The van der Waals surface area contributed by atoms with Crippen LogP contribution in [-0.2, 0) is 6.54 Å². The molecule has 1 amide bonds. The summed E-state index contributed by atoms with van der Waals surface area (Å²) in [5.74, 6) is 0. The second kappa shape index (κ2) is 7.42. The van der Waals surface area contributed by atoms with E-state index in [0.29, 0.717) is 10.7 Å². The van der Waals surface area contributed by atoms with Crippen LogP contribution in [0.5, 0.6) is 0 Å². The number of rotatable bonds is 5. The molecule has 0 bridgehead atoms. The first-order valence-corrected chi connectivity index (χ1v) is 8.23. The molecule has 0 saturated carbocycles. The minimum atomic E-state index is -1.13. The molecule has 2 aromatic rings. The Morgan fingerprint density at radius 1 is 1.27 bits per heavy atom. The van der Waals surface area contributed by atoms with Gasteiger partial charge in [-0.1, -0.05) is 23.7 Å². The highest BCUT2D eigenvalue weighted by molar-refractivity contribution is 7.98. The minimum absolute atomic E-state index is 0.379. The van der Waals surface area contributed by atoms with Gasteiger partial charge in [0.15, 0.2) is 0 Å². The number of nitrogens with one attached hydrogen (secondary N) is 1.